The number of hydrogen-bond acceptors (Lipinski definition) is 4. The van der Waals surface area contributed by atoms with Crippen molar-refractivity contribution >= 4 is 24.3 Å². The molecular formula is C17H27ClN2O3. The molecule has 1 rings (SSSR count). The standard InChI is InChI=1S/C17H26N2O3.ClH/c1-11(18)16(21)19-14(10-15(20)22-5)12-6-8-13(9-7-12)17(2,3)4;/h6-9,11,14H,10,18H2,1-5H3,(H,19,21);1H/t11-,14?;/m1./s1. The van der Waals surface area contributed by atoms with E-state index in [4.69, 9.17) is 10.5 Å². The fourth-order valence-electron chi connectivity index (χ4n) is 2.02. The molecule has 1 aromatic rings. The van der Waals surface area contributed by atoms with Gasteiger partial charge >= 0.3 is 5.97 Å². The largest absolute Gasteiger partial charge is 0.469 e. The summed E-state index contributed by atoms with van der Waals surface area (Å²) in [5.74, 6) is -0.677. The van der Waals surface area contributed by atoms with Gasteiger partial charge in [-0.1, -0.05) is 45.0 Å². The minimum Gasteiger partial charge on any atom is -0.469 e. The molecule has 0 radical (unpaired) electrons. The summed E-state index contributed by atoms with van der Waals surface area (Å²) in [6.07, 6.45) is 0.0732. The van der Waals surface area contributed by atoms with Crippen LogP contribution in [0.1, 0.15) is 51.3 Å². The molecule has 0 saturated carbocycles. The van der Waals surface area contributed by atoms with Gasteiger partial charge in [-0.15, -0.1) is 12.4 Å². The average Bonchev–Trinajstić information content (AvgIpc) is 2.45. The fourth-order valence-corrected chi connectivity index (χ4v) is 2.02. The zero-order valence-corrected chi connectivity index (χ0v) is 15.2. The van der Waals surface area contributed by atoms with Crippen molar-refractivity contribution < 1.29 is 14.3 Å². The zero-order valence-electron chi connectivity index (χ0n) is 14.4. The van der Waals surface area contributed by atoms with Gasteiger partial charge in [-0.2, -0.15) is 0 Å². The number of rotatable bonds is 5. The van der Waals surface area contributed by atoms with Crippen LogP contribution in [0.2, 0.25) is 0 Å². The van der Waals surface area contributed by atoms with Crippen LogP contribution in [-0.2, 0) is 19.7 Å². The van der Waals surface area contributed by atoms with E-state index in [1.807, 2.05) is 24.3 Å². The molecule has 0 aliphatic rings. The van der Waals surface area contributed by atoms with E-state index >= 15 is 0 Å². The highest BCUT2D eigenvalue weighted by Gasteiger charge is 2.21. The van der Waals surface area contributed by atoms with E-state index in [1.54, 1.807) is 6.92 Å². The van der Waals surface area contributed by atoms with E-state index in [-0.39, 0.29) is 36.1 Å². The third-order valence-electron chi connectivity index (χ3n) is 3.51. The average molecular weight is 343 g/mol. The maximum atomic E-state index is 11.8. The molecule has 6 heteroatoms. The lowest BCUT2D eigenvalue weighted by Gasteiger charge is -2.22. The van der Waals surface area contributed by atoms with Crippen LogP contribution in [0.15, 0.2) is 24.3 Å². The molecule has 1 amide bonds. The Kier molecular flexibility index (Phi) is 8.28. The van der Waals surface area contributed by atoms with Crippen molar-refractivity contribution in [1.29, 1.82) is 0 Å². The summed E-state index contributed by atoms with van der Waals surface area (Å²) in [6.45, 7) is 8.00. The van der Waals surface area contributed by atoms with Crippen molar-refractivity contribution in [3.8, 4) is 0 Å². The second-order valence-electron chi connectivity index (χ2n) is 6.50. The monoisotopic (exact) mass is 342 g/mol. The van der Waals surface area contributed by atoms with Gasteiger partial charge < -0.3 is 15.8 Å². The number of carbonyl (C=O) groups excluding carboxylic acids is 2. The number of benzene rings is 1. The van der Waals surface area contributed by atoms with Crippen molar-refractivity contribution in [3.63, 3.8) is 0 Å². The van der Waals surface area contributed by atoms with Gasteiger partial charge in [-0.25, -0.2) is 0 Å². The van der Waals surface area contributed by atoms with Crippen LogP contribution in [0, 0.1) is 0 Å². The predicted molar refractivity (Wildman–Crippen MR) is 93.6 cm³/mol. The molecule has 0 bridgehead atoms. The van der Waals surface area contributed by atoms with Crippen molar-refractivity contribution in [3.05, 3.63) is 35.4 Å². The number of halogens is 1. The van der Waals surface area contributed by atoms with Gasteiger partial charge in [-0.05, 0) is 23.5 Å². The van der Waals surface area contributed by atoms with Crippen molar-refractivity contribution in [2.75, 3.05) is 7.11 Å². The molecule has 0 spiro atoms. The molecule has 0 aromatic heterocycles. The van der Waals surface area contributed by atoms with Crippen LogP contribution in [0.25, 0.3) is 0 Å². The molecule has 0 aliphatic carbocycles. The second kappa shape index (κ2) is 8.89. The van der Waals surface area contributed by atoms with Gasteiger partial charge in [0.2, 0.25) is 5.91 Å². The minimum atomic E-state index is -0.631. The topological polar surface area (TPSA) is 81.4 Å². The highest BCUT2D eigenvalue weighted by Crippen LogP contribution is 2.25. The summed E-state index contributed by atoms with van der Waals surface area (Å²) in [5, 5.41) is 2.79. The first-order valence-corrected chi connectivity index (χ1v) is 7.38. The lowest BCUT2D eigenvalue weighted by Crippen LogP contribution is -2.41. The van der Waals surface area contributed by atoms with Crippen LogP contribution in [0.5, 0.6) is 0 Å². The number of ether oxygens (including phenoxy) is 1. The minimum absolute atomic E-state index is 0. The normalized spacial score (nSPS) is 13.5. The van der Waals surface area contributed by atoms with Crippen LogP contribution < -0.4 is 11.1 Å². The molecular weight excluding hydrogens is 316 g/mol. The predicted octanol–water partition coefficient (Wildman–Crippen LogP) is 2.47. The molecule has 0 saturated heterocycles. The molecule has 1 aromatic carbocycles. The zero-order chi connectivity index (χ0) is 16.9. The number of hydrogen-bond donors (Lipinski definition) is 2. The third kappa shape index (κ3) is 6.59. The van der Waals surface area contributed by atoms with E-state index in [1.165, 1.54) is 12.7 Å². The van der Waals surface area contributed by atoms with E-state index in [2.05, 4.69) is 26.1 Å². The second-order valence-corrected chi connectivity index (χ2v) is 6.50. The summed E-state index contributed by atoms with van der Waals surface area (Å²) >= 11 is 0. The van der Waals surface area contributed by atoms with Crippen LogP contribution in [-0.4, -0.2) is 25.0 Å². The summed E-state index contributed by atoms with van der Waals surface area (Å²) in [5.41, 5.74) is 7.67. The Bertz CT molecular complexity index is 522. The van der Waals surface area contributed by atoms with Crippen molar-refractivity contribution in [1.82, 2.24) is 5.32 Å². The first kappa shape index (κ1) is 21.4. The molecule has 5 nitrogen and oxygen atoms in total. The van der Waals surface area contributed by atoms with Gasteiger partial charge in [0.1, 0.15) is 0 Å². The number of amides is 1. The van der Waals surface area contributed by atoms with Gasteiger partial charge in [0, 0.05) is 0 Å². The number of methoxy groups -OCH3 is 1. The summed E-state index contributed by atoms with van der Waals surface area (Å²) in [7, 11) is 1.33. The molecule has 0 heterocycles. The van der Waals surface area contributed by atoms with Crippen molar-refractivity contribution in [2.45, 2.75) is 51.6 Å². The number of carbonyl (C=O) groups is 2. The van der Waals surface area contributed by atoms with Crippen LogP contribution in [0.3, 0.4) is 0 Å². The molecule has 23 heavy (non-hydrogen) atoms. The highest BCUT2D eigenvalue weighted by atomic mass is 35.5. The first-order chi connectivity index (χ1) is 10.1. The summed E-state index contributed by atoms with van der Waals surface area (Å²) in [6, 6.07) is 6.80. The number of esters is 1. The van der Waals surface area contributed by atoms with E-state index in [0.29, 0.717) is 0 Å². The lowest BCUT2D eigenvalue weighted by molar-refractivity contribution is -0.141. The first-order valence-electron chi connectivity index (χ1n) is 7.38. The maximum Gasteiger partial charge on any atom is 0.307 e. The Labute approximate surface area is 144 Å². The Hall–Kier alpha value is -1.59. The van der Waals surface area contributed by atoms with Gasteiger partial charge in [0.15, 0.2) is 0 Å². The quantitative estimate of drug-likeness (QED) is 0.805. The van der Waals surface area contributed by atoms with Gasteiger partial charge in [0.25, 0.3) is 0 Å². The highest BCUT2D eigenvalue weighted by molar-refractivity contribution is 5.85. The Morgan fingerprint density at radius 3 is 2.13 bits per heavy atom. The molecule has 3 N–H and O–H groups in total. The number of nitrogens with one attached hydrogen (secondary N) is 1. The molecule has 0 fully saturated rings. The lowest BCUT2D eigenvalue weighted by atomic mass is 9.86. The molecule has 2 atom stereocenters. The summed E-state index contributed by atoms with van der Waals surface area (Å²) < 4.78 is 4.70. The molecule has 130 valence electrons. The summed E-state index contributed by atoms with van der Waals surface area (Å²) in [4.78, 5) is 23.4. The SMILES string of the molecule is COC(=O)CC(NC(=O)[C@@H](C)N)c1ccc(C(C)(C)C)cc1.Cl. The van der Waals surface area contributed by atoms with Crippen molar-refractivity contribution in [2.24, 2.45) is 5.73 Å². The van der Waals surface area contributed by atoms with Crippen LogP contribution >= 0.6 is 12.4 Å². The van der Waals surface area contributed by atoms with Crippen LogP contribution in [0.4, 0.5) is 0 Å². The van der Waals surface area contributed by atoms with E-state index < -0.39 is 12.1 Å². The smallest absolute Gasteiger partial charge is 0.307 e. The number of nitrogens with two attached hydrogens (primary N) is 1. The molecule has 0 aliphatic heterocycles. The third-order valence-corrected chi connectivity index (χ3v) is 3.51. The van der Waals surface area contributed by atoms with E-state index in [0.717, 1.165) is 5.56 Å². The van der Waals surface area contributed by atoms with Gasteiger partial charge in [-0.3, -0.25) is 9.59 Å². The van der Waals surface area contributed by atoms with E-state index in [9.17, 15) is 9.59 Å². The Morgan fingerprint density at radius 2 is 1.74 bits per heavy atom. The molecule has 1 unspecified atom stereocenters. The maximum absolute atomic E-state index is 11.8. The Balaban J connectivity index is 0.00000484. The Morgan fingerprint density at radius 1 is 1.22 bits per heavy atom. The van der Waals surface area contributed by atoms with Gasteiger partial charge in [0.05, 0.1) is 25.6 Å². The fraction of sp³-hybridized carbons (Fsp3) is 0.529.